The highest BCUT2D eigenvalue weighted by Crippen LogP contribution is 2.34. The van der Waals surface area contributed by atoms with E-state index in [1.165, 1.54) is 30.4 Å². The quantitative estimate of drug-likeness (QED) is 0.935. The molecule has 22 heavy (non-hydrogen) atoms. The molecule has 3 heterocycles. The fourth-order valence-electron chi connectivity index (χ4n) is 3.41. The van der Waals surface area contributed by atoms with Crippen LogP contribution < -0.4 is 10.1 Å². The van der Waals surface area contributed by atoms with E-state index >= 15 is 0 Å². The molecule has 3 heteroatoms. The van der Waals surface area contributed by atoms with Gasteiger partial charge in [0.2, 0.25) is 0 Å². The zero-order chi connectivity index (χ0) is 14.8. The Balaban J connectivity index is 1.45. The maximum Gasteiger partial charge on any atom is 0.138 e. The molecule has 1 aromatic carbocycles. The summed E-state index contributed by atoms with van der Waals surface area (Å²) in [6.45, 7) is 0.578. The van der Waals surface area contributed by atoms with E-state index in [1.54, 1.807) is 6.20 Å². The van der Waals surface area contributed by atoms with Crippen LogP contribution in [0, 0.1) is 0 Å². The van der Waals surface area contributed by atoms with Gasteiger partial charge in [0, 0.05) is 18.3 Å². The third-order valence-corrected chi connectivity index (χ3v) is 4.51. The van der Waals surface area contributed by atoms with Gasteiger partial charge in [0.05, 0.1) is 6.20 Å². The minimum absolute atomic E-state index is 0.578. The Morgan fingerprint density at radius 2 is 2.09 bits per heavy atom. The third-order valence-electron chi connectivity index (χ3n) is 4.51. The molecule has 1 N–H and O–H groups in total. The first-order valence-corrected chi connectivity index (χ1v) is 7.95. The number of hydrogen-bond donors (Lipinski definition) is 1. The van der Waals surface area contributed by atoms with Crippen LogP contribution >= 0.6 is 0 Å². The SMILES string of the molecule is C(=C1CC2CCC1N2)c1cncc(OCc2ccccc2)c1. The minimum Gasteiger partial charge on any atom is -0.487 e. The van der Waals surface area contributed by atoms with Crippen LogP contribution in [0.2, 0.25) is 0 Å². The first-order valence-electron chi connectivity index (χ1n) is 7.95. The Bertz CT molecular complexity index is 681. The van der Waals surface area contributed by atoms with Crippen molar-refractivity contribution in [3.63, 3.8) is 0 Å². The summed E-state index contributed by atoms with van der Waals surface area (Å²) in [5.41, 5.74) is 3.82. The number of hydrogen-bond acceptors (Lipinski definition) is 3. The van der Waals surface area contributed by atoms with Crippen LogP contribution in [0.25, 0.3) is 6.08 Å². The zero-order valence-corrected chi connectivity index (χ0v) is 12.5. The summed E-state index contributed by atoms with van der Waals surface area (Å²) >= 11 is 0. The zero-order valence-electron chi connectivity index (χ0n) is 12.5. The van der Waals surface area contributed by atoms with Crippen molar-refractivity contribution in [1.29, 1.82) is 0 Å². The van der Waals surface area contributed by atoms with Crippen LogP contribution in [0.5, 0.6) is 5.75 Å². The van der Waals surface area contributed by atoms with E-state index in [0.717, 1.165) is 11.3 Å². The van der Waals surface area contributed by atoms with Crippen molar-refractivity contribution in [3.8, 4) is 5.75 Å². The molecule has 2 saturated heterocycles. The monoisotopic (exact) mass is 292 g/mol. The first kappa shape index (κ1) is 13.5. The van der Waals surface area contributed by atoms with Crippen molar-refractivity contribution in [3.05, 3.63) is 65.5 Å². The number of fused-ring (bicyclic) bond motifs is 2. The second-order valence-corrected chi connectivity index (χ2v) is 6.15. The molecule has 4 rings (SSSR count). The normalized spacial score (nSPS) is 24.8. The fourth-order valence-corrected chi connectivity index (χ4v) is 3.41. The van der Waals surface area contributed by atoms with E-state index in [1.807, 2.05) is 24.4 Å². The van der Waals surface area contributed by atoms with Gasteiger partial charge in [0.1, 0.15) is 12.4 Å². The molecule has 0 amide bonds. The van der Waals surface area contributed by atoms with E-state index < -0.39 is 0 Å². The molecule has 0 spiro atoms. The van der Waals surface area contributed by atoms with Crippen LogP contribution in [0.4, 0.5) is 0 Å². The van der Waals surface area contributed by atoms with Crippen LogP contribution in [-0.4, -0.2) is 17.1 Å². The molecule has 2 aromatic rings. The van der Waals surface area contributed by atoms with Crippen LogP contribution in [0.15, 0.2) is 54.4 Å². The molecule has 0 saturated carbocycles. The molecule has 0 radical (unpaired) electrons. The standard InChI is InChI=1S/C19H20N2O/c1-2-4-14(5-3-1)13-22-18-9-15(11-20-12-18)8-16-10-17-6-7-19(16)21-17/h1-5,8-9,11-12,17,19,21H,6-7,10,13H2. The largest absolute Gasteiger partial charge is 0.487 e. The highest BCUT2D eigenvalue weighted by atomic mass is 16.5. The van der Waals surface area contributed by atoms with Gasteiger partial charge in [-0.25, -0.2) is 0 Å². The lowest BCUT2D eigenvalue weighted by Crippen LogP contribution is -2.18. The average molecular weight is 292 g/mol. The van der Waals surface area contributed by atoms with Crippen molar-refractivity contribution in [2.75, 3.05) is 0 Å². The molecule has 3 nitrogen and oxygen atoms in total. The van der Waals surface area contributed by atoms with Crippen LogP contribution in [0.1, 0.15) is 30.4 Å². The molecule has 1 aromatic heterocycles. The molecular weight excluding hydrogens is 272 g/mol. The second-order valence-electron chi connectivity index (χ2n) is 6.15. The average Bonchev–Trinajstić information content (AvgIpc) is 3.17. The van der Waals surface area contributed by atoms with Crippen LogP contribution in [-0.2, 0) is 6.61 Å². The first-order chi connectivity index (χ1) is 10.9. The maximum absolute atomic E-state index is 5.85. The van der Waals surface area contributed by atoms with Crippen molar-refractivity contribution in [2.24, 2.45) is 0 Å². The minimum atomic E-state index is 0.578. The van der Waals surface area contributed by atoms with E-state index in [-0.39, 0.29) is 0 Å². The predicted octanol–water partition coefficient (Wildman–Crippen LogP) is 3.57. The van der Waals surface area contributed by atoms with Gasteiger partial charge in [-0.05, 0) is 36.5 Å². The lowest BCUT2D eigenvalue weighted by Gasteiger charge is -2.11. The van der Waals surface area contributed by atoms with Gasteiger partial charge in [-0.2, -0.15) is 0 Å². The Labute approximate surface area is 131 Å². The lowest BCUT2D eigenvalue weighted by molar-refractivity contribution is 0.305. The molecule has 2 unspecified atom stereocenters. The Morgan fingerprint density at radius 1 is 1.18 bits per heavy atom. The van der Waals surface area contributed by atoms with E-state index in [4.69, 9.17) is 4.74 Å². The van der Waals surface area contributed by atoms with Crippen molar-refractivity contribution >= 4 is 6.08 Å². The van der Waals surface area contributed by atoms with Gasteiger partial charge in [0.15, 0.2) is 0 Å². The summed E-state index contributed by atoms with van der Waals surface area (Å²) < 4.78 is 5.85. The van der Waals surface area contributed by atoms with Crippen molar-refractivity contribution in [2.45, 2.75) is 38.0 Å². The summed E-state index contributed by atoms with van der Waals surface area (Å²) in [6, 6.07) is 13.6. The van der Waals surface area contributed by atoms with Gasteiger partial charge in [-0.1, -0.05) is 42.0 Å². The molecule has 2 bridgehead atoms. The summed E-state index contributed by atoms with van der Waals surface area (Å²) in [5, 5.41) is 3.64. The molecule has 2 aliphatic rings. The van der Waals surface area contributed by atoms with Gasteiger partial charge in [-0.3, -0.25) is 4.98 Å². The summed E-state index contributed by atoms with van der Waals surface area (Å²) in [6.07, 6.45) is 9.74. The number of benzene rings is 1. The molecule has 2 aliphatic heterocycles. The van der Waals surface area contributed by atoms with Gasteiger partial charge >= 0.3 is 0 Å². The third kappa shape index (κ3) is 2.90. The molecule has 0 aliphatic carbocycles. The van der Waals surface area contributed by atoms with E-state index in [9.17, 15) is 0 Å². The van der Waals surface area contributed by atoms with Gasteiger partial charge < -0.3 is 10.1 Å². The summed E-state index contributed by atoms with van der Waals surface area (Å²) in [4.78, 5) is 4.31. The highest BCUT2D eigenvalue weighted by Gasteiger charge is 2.34. The van der Waals surface area contributed by atoms with Gasteiger partial charge in [0.25, 0.3) is 0 Å². The highest BCUT2D eigenvalue weighted by molar-refractivity contribution is 5.56. The lowest BCUT2D eigenvalue weighted by atomic mass is 9.93. The topological polar surface area (TPSA) is 34.2 Å². The van der Waals surface area contributed by atoms with E-state index in [0.29, 0.717) is 18.7 Å². The number of nitrogens with zero attached hydrogens (tertiary/aromatic N) is 1. The van der Waals surface area contributed by atoms with Gasteiger partial charge in [-0.15, -0.1) is 0 Å². The smallest absolute Gasteiger partial charge is 0.138 e. The second kappa shape index (κ2) is 5.93. The summed E-state index contributed by atoms with van der Waals surface area (Å²) in [7, 11) is 0. The Kier molecular flexibility index (Phi) is 3.65. The number of aromatic nitrogens is 1. The van der Waals surface area contributed by atoms with Crippen molar-refractivity contribution in [1.82, 2.24) is 10.3 Å². The number of pyridine rings is 1. The fraction of sp³-hybridized carbons (Fsp3) is 0.316. The summed E-state index contributed by atoms with van der Waals surface area (Å²) in [5.74, 6) is 0.828. The van der Waals surface area contributed by atoms with Crippen molar-refractivity contribution < 1.29 is 4.74 Å². The molecule has 112 valence electrons. The number of rotatable bonds is 4. The Morgan fingerprint density at radius 3 is 2.86 bits per heavy atom. The Hall–Kier alpha value is -2.13. The number of ether oxygens (including phenoxy) is 1. The molecule has 2 fully saturated rings. The van der Waals surface area contributed by atoms with E-state index in [2.05, 4.69) is 34.6 Å². The molecule has 2 atom stereocenters. The predicted molar refractivity (Wildman–Crippen MR) is 87.6 cm³/mol. The number of nitrogens with one attached hydrogen (secondary N) is 1. The maximum atomic E-state index is 5.85. The molecular formula is C19H20N2O. The van der Waals surface area contributed by atoms with Crippen LogP contribution in [0.3, 0.4) is 0 Å².